The van der Waals surface area contributed by atoms with Crippen molar-refractivity contribution in [1.29, 1.82) is 0 Å². The van der Waals surface area contributed by atoms with E-state index in [2.05, 4.69) is 15.5 Å². The van der Waals surface area contributed by atoms with E-state index in [4.69, 9.17) is 4.74 Å². The molecule has 2 aromatic rings. The van der Waals surface area contributed by atoms with Gasteiger partial charge < -0.3 is 20.3 Å². The average Bonchev–Trinajstić information content (AvgIpc) is 2.70. The van der Waals surface area contributed by atoms with E-state index in [1.807, 2.05) is 49.4 Å². The molecular weight excluding hydrogens is 354 g/mol. The van der Waals surface area contributed by atoms with Crippen molar-refractivity contribution in [3.8, 4) is 5.75 Å². The van der Waals surface area contributed by atoms with Crippen molar-refractivity contribution in [2.45, 2.75) is 38.7 Å². The standard InChI is InChI=1S/C22H25N3O3/c1-15-5-10-19-18(13-15)24-22(27)20(28-19)14-21(26)23-16-6-8-17(9-7-16)25-11-3-2-4-12-25/h5-10,13,20H,2-4,11-12,14H2,1H3,(H,23,26)(H,24,27). The van der Waals surface area contributed by atoms with Crippen molar-refractivity contribution in [2.75, 3.05) is 28.6 Å². The van der Waals surface area contributed by atoms with E-state index in [1.165, 1.54) is 24.9 Å². The van der Waals surface area contributed by atoms with Crippen molar-refractivity contribution in [2.24, 2.45) is 0 Å². The monoisotopic (exact) mass is 379 g/mol. The molecule has 2 aliphatic heterocycles. The number of benzene rings is 2. The Balaban J connectivity index is 1.35. The van der Waals surface area contributed by atoms with Crippen molar-refractivity contribution < 1.29 is 14.3 Å². The Hall–Kier alpha value is -3.02. The Morgan fingerprint density at radius 1 is 1.14 bits per heavy atom. The van der Waals surface area contributed by atoms with Gasteiger partial charge >= 0.3 is 0 Å². The van der Waals surface area contributed by atoms with Gasteiger partial charge in [0, 0.05) is 24.5 Å². The Labute approximate surface area is 164 Å². The molecule has 2 heterocycles. The molecule has 146 valence electrons. The van der Waals surface area contributed by atoms with Crippen LogP contribution in [-0.2, 0) is 9.59 Å². The first-order chi connectivity index (χ1) is 13.6. The van der Waals surface area contributed by atoms with Crippen LogP contribution in [0.3, 0.4) is 0 Å². The van der Waals surface area contributed by atoms with Gasteiger partial charge in [-0.25, -0.2) is 0 Å². The second kappa shape index (κ2) is 7.92. The Morgan fingerprint density at radius 3 is 2.64 bits per heavy atom. The fourth-order valence-electron chi connectivity index (χ4n) is 3.69. The number of nitrogens with zero attached hydrogens (tertiary/aromatic N) is 1. The van der Waals surface area contributed by atoms with E-state index >= 15 is 0 Å². The molecule has 4 rings (SSSR count). The van der Waals surface area contributed by atoms with Crippen LogP contribution in [0.25, 0.3) is 0 Å². The summed E-state index contributed by atoms with van der Waals surface area (Å²) in [7, 11) is 0. The lowest BCUT2D eigenvalue weighted by Crippen LogP contribution is -2.39. The zero-order valence-corrected chi connectivity index (χ0v) is 16.0. The lowest BCUT2D eigenvalue weighted by atomic mass is 10.1. The molecule has 2 aliphatic rings. The van der Waals surface area contributed by atoms with Gasteiger partial charge in [0.05, 0.1) is 12.1 Å². The second-order valence-electron chi connectivity index (χ2n) is 7.44. The normalized spacial score (nSPS) is 18.7. The SMILES string of the molecule is Cc1ccc2c(c1)NC(=O)C(CC(=O)Nc1ccc(N3CCCCC3)cc1)O2. The lowest BCUT2D eigenvalue weighted by Gasteiger charge is -2.29. The molecule has 6 heteroatoms. The van der Waals surface area contributed by atoms with Crippen LogP contribution in [-0.4, -0.2) is 31.0 Å². The second-order valence-corrected chi connectivity index (χ2v) is 7.44. The van der Waals surface area contributed by atoms with Crippen LogP contribution in [0.15, 0.2) is 42.5 Å². The van der Waals surface area contributed by atoms with E-state index < -0.39 is 6.10 Å². The van der Waals surface area contributed by atoms with Crippen LogP contribution in [0.2, 0.25) is 0 Å². The topological polar surface area (TPSA) is 70.7 Å². The minimum absolute atomic E-state index is 0.0347. The molecule has 1 fully saturated rings. The number of anilines is 3. The Kier molecular flexibility index (Phi) is 5.19. The van der Waals surface area contributed by atoms with Crippen LogP contribution in [0.1, 0.15) is 31.2 Å². The highest BCUT2D eigenvalue weighted by Gasteiger charge is 2.29. The van der Waals surface area contributed by atoms with E-state index in [0.29, 0.717) is 11.4 Å². The van der Waals surface area contributed by atoms with Gasteiger partial charge in [-0.15, -0.1) is 0 Å². The number of carbonyl (C=O) groups excluding carboxylic acids is 2. The molecular formula is C22H25N3O3. The third-order valence-corrected chi connectivity index (χ3v) is 5.20. The van der Waals surface area contributed by atoms with Crippen molar-refractivity contribution in [3.63, 3.8) is 0 Å². The maximum absolute atomic E-state index is 12.4. The van der Waals surface area contributed by atoms with Crippen LogP contribution in [0.5, 0.6) is 5.75 Å². The van der Waals surface area contributed by atoms with Crippen LogP contribution < -0.4 is 20.3 Å². The Bertz CT molecular complexity index is 873. The van der Waals surface area contributed by atoms with Gasteiger partial charge in [0.15, 0.2) is 6.10 Å². The smallest absolute Gasteiger partial charge is 0.266 e. The molecule has 0 aromatic heterocycles. The minimum Gasteiger partial charge on any atom is -0.478 e. The first-order valence-corrected chi connectivity index (χ1v) is 9.81. The van der Waals surface area contributed by atoms with E-state index in [0.717, 1.165) is 24.3 Å². The van der Waals surface area contributed by atoms with Gasteiger partial charge in [0.25, 0.3) is 5.91 Å². The first-order valence-electron chi connectivity index (χ1n) is 9.81. The molecule has 0 spiro atoms. The highest BCUT2D eigenvalue weighted by atomic mass is 16.5. The molecule has 0 saturated carbocycles. The lowest BCUT2D eigenvalue weighted by molar-refractivity contribution is -0.128. The van der Waals surface area contributed by atoms with E-state index in [1.54, 1.807) is 0 Å². The van der Waals surface area contributed by atoms with Gasteiger partial charge in [0.2, 0.25) is 5.91 Å². The quantitative estimate of drug-likeness (QED) is 0.850. The van der Waals surface area contributed by atoms with Crippen molar-refractivity contribution in [1.82, 2.24) is 0 Å². The highest BCUT2D eigenvalue weighted by molar-refractivity contribution is 6.02. The fraction of sp³-hybridized carbons (Fsp3) is 0.364. The van der Waals surface area contributed by atoms with Crippen molar-refractivity contribution in [3.05, 3.63) is 48.0 Å². The molecule has 0 aliphatic carbocycles. The number of amides is 2. The number of aryl methyl sites for hydroxylation is 1. The third-order valence-electron chi connectivity index (χ3n) is 5.20. The molecule has 28 heavy (non-hydrogen) atoms. The zero-order chi connectivity index (χ0) is 19.5. The molecule has 2 aromatic carbocycles. The maximum Gasteiger partial charge on any atom is 0.266 e. The largest absolute Gasteiger partial charge is 0.478 e. The molecule has 0 radical (unpaired) electrons. The summed E-state index contributed by atoms with van der Waals surface area (Å²) in [6.07, 6.45) is 2.89. The highest BCUT2D eigenvalue weighted by Crippen LogP contribution is 2.31. The number of hydrogen-bond donors (Lipinski definition) is 2. The number of hydrogen-bond acceptors (Lipinski definition) is 4. The van der Waals surface area contributed by atoms with Gasteiger partial charge in [-0.1, -0.05) is 6.07 Å². The van der Waals surface area contributed by atoms with Gasteiger partial charge in [0.1, 0.15) is 5.75 Å². The summed E-state index contributed by atoms with van der Waals surface area (Å²) in [6, 6.07) is 13.5. The van der Waals surface area contributed by atoms with Gasteiger partial charge in [-0.05, 0) is 68.1 Å². The van der Waals surface area contributed by atoms with Crippen LogP contribution in [0.4, 0.5) is 17.1 Å². The molecule has 6 nitrogen and oxygen atoms in total. The summed E-state index contributed by atoms with van der Waals surface area (Å²) >= 11 is 0. The van der Waals surface area contributed by atoms with Gasteiger partial charge in [-0.2, -0.15) is 0 Å². The third kappa shape index (κ3) is 4.11. The number of ether oxygens (including phenoxy) is 1. The summed E-state index contributed by atoms with van der Waals surface area (Å²) in [5.41, 5.74) is 3.58. The number of nitrogens with one attached hydrogen (secondary N) is 2. The molecule has 2 amide bonds. The van der Waals surface area contributed by atoms with E-state index in [9.17, 15) is 9.59 Å². The average molecular weight is 379 g/mol. The molecule has 1 saturated heterocycles. The number of piperidine rings is 1. The summed E-state index contributed by atoms with van der Waals surface area (Å²) in [4.78, 5) is 27.0. The summed E-state index contributed by atoms with van der Waals surface area (Å²) in [5, 5.41) is 5.67. The summed E-state index contributed by atoms with van der Waals surface area (Å²) < 4.78 is 5.73. The molecule has 1 atom stereocenters. The first kappa shape index (κ1) is 18.3. The predicted octanol–water partition coefficient (Wildman–Crippen LogP) is 3.71. The fourth-order valence-corrected chi connectivity index (χ4v) is 3.69. The summed E-state index contributed by atoms with van der Waals surface area (Å²) in [5.74, 6) is 0.0454. The maximum atomic E-state index is 12.4. The molecule has 2 N–H and O–H groups in total. The van der Waals surface area contributed by atoms with Crippen LogP contribution in [0, 0.1) is 6.92 Å². The van der Waals surface area contributed by atoms with Crippen molar-refractivity contribution >= 4 is 28.9 Å². The summed E-state index contributed by atoms with van der Waals surface area (Å²) in [6.45, 7) is 4.12. The predicted molar refractivity (Wildman–Crippen MR) is 110 cm³/mol. The van der Waals surface area contributed by atoms with Crippen LogP contribution >= 0.6 is 0 Å². The Morgan fingerprint density at radius 2 is 1.89 bits per heavy atom. The zero-order valence-electron chi connectivity index (χ0n) is 16.0. The molecule has 0 bridgehead atoms. The number of rotatable bonds is 4. The number of fused-ring (bicyclic) bond motifs is 1. The van der Waals surface area contributed by atoms with Gasteiger partial charge in [-0.3, -0.25) is 9.59 Å². The minimum atomic E-state index is -0.831. The molecule has 1 unspecified atom stereocenters. The number of carbonyl (C=O) groups is 2. The van der Waals surface area contributed by atoms with E-state index in [-0.39, 0.29) is 18.2 Å².